The molecular weight excluding hydrogens is 212 g/mol. The quantitative estimate of drug-likeness (QED) is 0.684. The summed E-state index contributed by atoms with van der Waals surface area (Å²) in [4.78, 5) is 9.97. The molecule has 0 atom stereocenters. The number of benzene rings is 2. The van der Waals surface area contributed by atoms with Crippen LogP contribution in [0.25, 0.3) is 11.0 Å². The second-order valence-corrected chi connectivity index (χ2v) is 3.82. The maximum absolute atomic E-state index is 5.70. The molecule has 1 heterocycles. The van der Waals surface area contributed by atoms with E-state index in [1.807, 2.05) is 54.6 Å². The molecule has 0 spiro atoms. The Morgan fingerprint density at radius 3 is 2.59 bits per heavy atom. The minimum absolute atomic E-state index is 0.543. The van der Waals surface area contributed by atoms with Crippen LogP contribution >= 0.6 is 0 Å². The molecule has 0 saturated carbocycles. The zero-order valence-electron chi connectivity index (χ0n) is 9.28. The van der Waals surface area contributed by atoms with Crippen molar-refractivity contribution < 1.29 is 4.84 Å². The standard InChI is InChI=1S/C14H12N2O/c1-2-6-12(7-3-1)10-17-16-11-15-13-8-4-5-9-14(13)16/h1-9,11H,10H2. The van der Waals surface area contributed by atoms with E-state index in [0.717, 1.165) is 16.6 Å². The van der Waals surface area contributed by atoms with Crippen LogP contribution in [0.5, 0.6) is 0 Å². The fraction of sp³-hybridized carbons (Fsp3) is 0.0714. The Morgan fingerprint density at radius 2 is 1.71 bits per heavy atom. The highest BCUT2D eigenvalue weighted by Crippen LogP contribution is 2.10. The number of nitrogens with zero attached hydrogens (tertiary/aromatic N) is 2. The van der Waals surface area contributed by atoms with Crippen molar-refractivity contribution in [2.24, 2.45) is 0 Å². The van der Waals surface area contributed by atoms with Gasteiger partial charge in [0.2, 0.25) is 0 Å². The highest BCUT2D eigenvalue weighted by Gasteiger charge is 2.01. The van der Waals surface area contributed by atoms with Crippen molar-refractivity contribution in [3.63, 3.8) is 0 Å². The number of imidazole rings is 1. The van der Waals surface area contributed by atoms with Crippen molar-refractivity contribution in [1.82, 2.24) is 9.71 Å². The van der Waals surface area contributed by atoms with Gasteiger partial charge < -0.3 is 4.84 Å². The average molecular weight is 224 g/mol. The fourth-order valence-electron chi connectivity index (χ4n) is 1.76. The molecule has 0 radical (unpaired) electrons. The topological polar surface area (TPSA) is 27.1 Å². The number of fused-ring (bicyclic) bond motifs is 1. The lowest BCUT2D eigenvalue weighted by Gasteiger charge is -2.06. The van der Waals surface area contributed by atoms with Gasteiger partial charge in [-0.25, -0.2) is 4.98 Å². The number of hydrogen-bond donors (Lipinski definition) is 0. The smallest absolute Gasteiger partial charge is 0.140 e. The van der Waals surface area contributed by atoms with Gasteiger partial charge in [-0.2, -0.15) is 4.73 Å². The van der Waals surface area contributed by atoms with Crippen molar-refractivity contribution in [3.05, 3.63) is 66.5 Å². The van der Waals surface area contributed by atoms with Gasteiger partial charge in [-0.3, -0.25) is 0 Å². The second kappa shape index (κ2) is 4.29. The van der Waals surface area contributed by atoms with Gasteiger partial charge in [0.15, 0.2) is 0 Å². The van der Waals surface area contributed by atoms with Crippen molar-refractivity contribution in [1.29, 1.82) is 0 Å². The summed E-state index contributed by atoms with van der Waals surface area (Å²) in [5, 5.41) is 0. The van der Waals surface area contributed by atoms with Gasteiger partial charge >= 0.3 is 0 Å². The molecule has 1 aromatic heterocycles. The summed E-state index contributed by atoms with van der Waals surface area (Å²) >= 11 is 0. The van der Waals surface area contributed by atoms with E-state index in [2.05, 4.69) is 4.98 Å². The third-order valence-electron chi connectivity index (χ3n) is 2.63. The zero-order valence-corrected chi connectivity index (χ0v) is 9.28. The first-order valence-corrected chi connectivity index (χ1v) is 5.53. The lowest BCUT2D eigenvalue weighted by Crippen LogP contribution is -2.09. The van der Waals surface area contributed by atoms with Gasteiger partial charge in [0.25, 0.3) is 0 Å². The SMILES string of the molecule is c1ccc(COn2cnc3ccccc32)cc1. The van der Waals surface area contributed by atoms with Gasteiger partial charge in [-0.05, 0) is 17.7 Å². The first-order valence-electron chi connectivity index (χ1n) is 5.53. The van der Waals surface area contributed by atoms with E-state index in [-0.39, 0.29) is 0 Å². The van der Waals surface area contributed by atoms with Crippen LogP contribution in [0.15, 0.2) is 60.9 Å². The van der Waals surface area contributed by atoms with E-state index in [0.29, 0.717) is 6.61 Å². The lowest BCUT2D eigenvalue weighted by molar-refractivity contribution is 0.106. The van der Waals surface area contributed by atoms with Crippen LogP contribution in [0.1, 0.15) is 5.56 Å². The first kappa shape index (κ1) is 9.90. The van der Waals surface area contributed by atoms with Gasteiger partial charge in [0.05, 0.1) is 5.52 Å². The third-order valence-corrected chi connectivity index (χ3v) is 2.63. The van der Waals surface area contributed by atoms with E-state index in [1.165, 1.54) is 0 Å². The number of aromatic nitrogens is 2. The Labute approximate surface area is 99.2 Å². The van der Waals surface area contributed by atoms with Crippen molar-refractivity contribution >= 4 is 11.0 Å². The summed E-state index contributed by atoms with van der Waals surface area (Å²) < 4.78 is 1.71. The number of rotatable bonds is 3. The maximum atomic E-state index is 5.70. The lowest BCUT2D eigenvalue weighted by atomic mass is 10.2. The van der Waals surface area contributed by atoms with E-state index in [1.54, 1.807) is 11.1 Å². The molecular formula is C14H12N2O. The van der Waals surface area contributed by atoms with Crippen molar-refractivity contribution in [2.45, 2.75) is 6.61 Å². The third kappa shape index (κ3) is 1.99. The molecule has 0 aliphatic carbocycles. The number of para-hydroxylation sites is 2. The molecule has 0 unspecified atom stereocenters. The van der Waals surface area contributed by atoms with Gasteiger partial charge in [-0.15, -0.1) is 0 Å². The normalized spacial score (nSPS) is 10.6. The predicted molar refractivity (Wildman–Crippen MR) is 66.5 cm³/mol. The number of hydrogen-bond acceptors (Lipinski definition) is 2. The highest BCUT2D eigenvalue weighted by molar-refractivity contribution is 5.74. The van der Waals surface area contributed by atoms with Crippen LogP contribution in [0, 0.1) is 0 Å². The molecule has 0 bridgehead atoms. The van der Waals surface area contributed by atoms with Crippen molar-refractivity contribution in [2.75, 3.05) is 0 Å². The Balaban J connectivity index is 1.82. The predicted octanol–water partition coefficient (Wildman–Crippen LogP) is 2.67. The molecule has 17 heavy (non-hydrogen) atoms. The van der Waals surface area contributed by atoms with Gasteiger partial charge in [-0.1, -0.05) is 42.5 Å². The van der Waals surface area contributed by atoms with E-state index in [4.69, 9.17) is 4.84 Å². The molecule has 3 nitrogen and oxygen atoms in total. The monoisotopic (exact) mass is 224 g/mol. The summed E-state index contributed by atoms with van der Waals surface area (Å²) in [5.74, 6) is 0. The van der Waals surface area contributed by atoms with Crippen LogP contribution in [0.4, 0.5) is 0 Å². The van der Waals surface area contributed by atoms with Crippen LogP contribution < -0.4 is 4.84 Å². The highest BCUT2D eigenvalue weighted by atomic mass is 16.7. The molecule has 3 aromatic rings. The van der Waals surface area contributed by atoms with Crippen molar-refractivity contribution in [3.8, 4) is 0 Å². The van der Waals surface area contributed by atoms with Crippen LogP contribution in [0.2, 0.25) is 0 Å². The maximum Gasteiger partial charge on any atom is 0.140 e. The summed E-state index contributed by atoms with van der Waals surface area (Å²) in [7, 11) is 0. The van der Waals surface area contributed by atoms with Crippen LogP contribution in [0.3, 0.4) is 0 Å². The fourth-order valence-corrected chi connectivity index (χ4v) is 1.76. The zero-order chi connectivity index (χ0) is 11.5. The largest absolute Gasteiger partial charge is 0.408 e. The molecule has 0 aliphatic heterocycles. The summed E-state index contributed by atoms with van der Waals surface area (Å²) in [6, 6.07) is 18.0. The Morgan fingerprint density at radius 1 is 0.941 bits per heavy atom. The molecule has 0 amide bonds. The van der Waals surface area contributed by atoms with Crippen LogP contribution in [-0.4, -0.2) is 9.71 Å². The summed E-state index contributed by atoms with van der Waals surface area (Å²) in [6.45, 7) is 0.543. The molecule has 0 aliphatic rings. The van der Waals surface area contributed by atoms with E-state index in [9.17, 15) is 0 Å². The Bertz CT molecular complexity index is 616. The molecule has 2 aromatic carbocycles. The second-order valence-electron chi connectivity index (χ2n) is 3.82. The molecule has 84 valence electrons. The van der Waals surface area contributed by atoms with Gasteiger partial charge in [0.1, 0.15) is 18.5 Å². The minimum Gasteiger partial charge on any atom is -0.408 e. The first-order chi connectivity index (χ1) is 8.43. The van der Waals surface area contributed by atoms with Crippen LogP contribution in [-0.2, 0) is 6.61 Å². The van der Waals surface area contributed by atoms with Gasteiger partial charge in [0, 0.05) is 0 Å². The molecule has 3 heteroatoms. The molecule has 0 N–H and O–H groups in total. The molecule has 0 fully saturated rings. The Kier molecular flexibility index (Phi) is 2.50. The molecule has 3 rings (SSSR count). The average Bonchev–Trinajstić information content (AvgIpc) is 2.81. The summed E-state index contributed by atoms with van der Waals surface area (Å²) in [6.07, 6.45) is 1.70. The van der Waals surface area contributed by atoms with E-state index < -0.39 is 0 Å². The van der Waals surface area contributed by atoms with E-state index >= 15 is 0 Å². The summed E-state index contributed by atoms with van der Waals surface area (Å²) in [5.41, 5.74) is 3.08. The minimum atomic E-state index is 0.543. The molecule has 0 saturated heterocycles. The Hall–Kier alpha value is -2.29.